The highest BCUT2D eigenvalue weighted by Gasteiger charge is 2.37. The fourth-order valence-corrected chi connectivity index (χ4v) is 5.42. The van der Waals surface area contributed by atoms with E-state index < -0.39 is 11.9 Å². The van der Waals surface area contributed by atoms with E-state index in [1.54, 1.807) is 31.2 Å². The molecular formula is C32H30N4O4S. The van der Waals surface area contributed by atoms with Gasteiger partial charge in [0.2, 0.25) is 5.88 Å². The monoisotopic (exact) mass is 566 g/mol. The van der Waals surface area contributed by atoms with Gasteiger partial charge in [-0.15, -0.1) is 0 Å². The Kier molecular flexibility index (Phi) is 9.68. The lowest BCUT2D eigenvalue weighted by atomic mass is 9.83. The van der Waals surface area contributed by atoms with Crippen LogP contribution in [0.3, 0.4) is 0 Å². The molecule has 0 saturated carbocycles. The molecule has 2 aromatic carbocycles. The lowest BCUT2D eigenvalue weighted by Gasteiger charge is -2.28. The maximum atomic E-state index is 13.3. The summed E-state index contributed by atoms with van der Waals surface area (Å²) in [5, 5.41) is 20.2. The van der Waals surface area contributed by atoms with Crippen LogP contribution in [0.1, 0.15) is 47.7 Å². The Labute approximate surface area is 244 Å². The molecule has 3 aromatic rings. The first-order valence-corrected chi connectivity index (χ1v) is 14.2. The van der Waals surface area contributed by atoms with Crippen molar-refractivity contribution in [1.29, 1.82) is 10.5 Å². The second kappa shape index (κ2) is 13.6. The molecule has 0 aliphatic carbocycles. The lowest BCUT2D eigenvalue weighted by Crippen LogP contribution is -2.27. The van der Waals surface area contributed by atoms with Crippen LogP contribution in [0.5, 0.6) is 5.75 Å². The molecule has 9 heteroatoms. The van der Waals surface area contributed by atoms with Crippen molar-refractivity contribution in [2.45, 2.75) is 44.7 Å². The highest BCUT2D eigenvalue weighted by atomic mass is 32.2. The summed E-state index contributed by atoms with van der Waals surface area (Å²) in [6, 6.07) is 23.1. The van der Waals surface area contributed by atoms with E-state index in [2.05, 4.69) is 17.1 Å². The number of rotatable bonds is 10. The maximum absolute atomic E-state index is 13.3. The van der Waals surface area contributed by atoms with Crippen LogP contribution in [0.4, 0.5) is 0 Å². The van der Waals surface area contributed by atoms with Crippen molar-refractivity contribution in [3.05, 3.63) is 111 Å². The van der Waals surface area contributed by atoms with Crippen molar-refractivity contribution in [3.63, 3.8) is 0 Å². The minimum absolute atomic E-state index is 0.0860. The van der Waals surface area contributed by atoms with Crippen LogP contribution in [0, 0.1) is 29.6 Å². The topological polar surface area (TPSA) is 131 Å². The van der Waals surface area contributed by atoms with Crippen molar-refractivity contribution < 1.29 is 19.0 Å². The van der Waals surface area contributed by atoms with Gasteiger partial charge < -0.3 is 19.9 Å². The van der Waals surface area contributed by atoms with Crippen molar-refractivity contribution >= 4 is 17.7 Å². The Morgan fingerprint density at radius 2 is 1.83 bits per heavy atom. The number of esters is 1. The fourth-order valence-electron chi connectivity index (χ4n) is 4.50. The molecule has 41 heavy (non-hydrogen) atoms. The number of aryl methyl sites for hydroxylation is 2. The molecule has 2 N–H and O–H groups in total. The Morgan fingerprint density at radius 1 is 1.10 bits per heavy atom. The number of pyridine rings is 1. The fraction of sp³-hybridized carbons (Fsp3) is 0.250. The number of thioether (sulfide) groups is 1. The van der Waals surface area contributed by atoms with Crippen LogP contribution in [-0.4, -0.2) is 23.3 Å². The van der Waals surface area contributed by atoms with E-state index in [0.717, 1.165) is 16.8 Å². The zero-order valence-corrected chi connectivity index (χ0v) is 24.0. The summed E-state index contributed by atoms with van der Waals surface area (Å²) < 4.78 is 17.2. The number of carbonyl (C=O) groups excluding carboxylic acids is 1. The zero-order valence-electron chi connectivity index (χ0n) is 23.1. The third-order valence-electron chi connectivity index (χ3n) is 6.53. The Morgan fingerprint density at radius 3 is 2.46 bits per heavy atom. The minimum atomic E-state index is -0.806. The molecule has 0 radical (unpaired) electrons. The van der Waals surface area contributed by atoms with Gasteiger partial charge in [-0.25, -0.2) is 9.78 Å². The Balaban J connectivity index is 1.69. The van der Waals surface area contributed by atoms with E-state index >= 15 is 0 Å². The second-order valence-corrected chi connectivity index (χ2v) is 10.1. The number of allylic oxidation sites excluding steroid dienone is 1. The summed E-state index contributed by atoms with van der Waals surface area (Å²) in [5.41, 5.74) is 10.5. The van der Waals surface area contributed by atoms with Gasteiger partial charge >= 0.3 is 5.97 Å². The molecular weight excluding hydrogens is 536 g/mol. The molecule has 0 unspecified atom stereocenters. The summed E-state index contributed by atoms with van der Waals surface area (Å²) in [4.78, 5) is 18.0. The van der Waals surface area contributed by atoms with E-state index in [-0.39, 0.29) is 35.1 Å². The minimum Gasteiger partial charge on any atom is -0.489 e. The standard InChI is InChI=1S/C32H30N4O4S/c1-4-26-20(3)15-23(16-33)31(36-26)41-19-27-29(32(37)38-5-2)28(25(17-34)30(35)40-27)22-11-13-24(14-12-22)39-18-21-9-7-6-8-10-21/h6-15,28H,4-5,18-19,35H2,1-3H3/t28-/m0/s1. The van der Waals surface area contributed by atoms with Crippen LogP contribution in [-0.2, 0) is 27.3 Å². The zero-order chi connectivity index (χ0) is 29.4. The maximum Gasteiger partial charge on any atom is 0.338 e. The number of nitriles is 2. The number of nitrogens with two attached hydrogens (primary N) is 1. The van der Waals surface area contributed by atoms with Gasteiger partial charge in [0.05, 0.1) is 29.4 Å². The van der Waals surface area contributed by atoms with E-state index in [1.807, 2.05) is 50.2 Å². The number of hydrogen-bond donors (Lipinski definition) is 1. The van der Waals surface area contributed by atoms with Crippen molar-refractivity contribution in [2.75, 3.05) is 12.4 Å². The van der Waals surface area contributed by atoms with E-state index in [1.165, 1.54) is 11.8 Å². The smallest absolute Gasteiger partial charge is 0.338 e. The highest BCUT2D eigenvalue weighted by molar-refractivity contribution is 7.99. The van der Waals surface area contributed by atoms with Gasteiger partial charge in [-0.05, 0) is 55.2 Å². The van der Waals surface area contributed by atoms with Crippen LogP contribution in [0.25, 0.3) is 0 Å². The Hall–Kier alpha value is -4.73. The number of carbonyl (C=O) groups is 1. The molecule has 0 spiro atoms. The van der Waals surface area contributed by atoms with Crippen LogP contribution < -0.4 is 10.5 Å². The van der Waals surface area contributed by atoms with Gasteiger partial charge in [-0.1, -0.05) is 61.2 Å². The second-order valence-electron chi connectivity index (χ2n) is 9.18. The van der Waals surface area contributed by atoms with Gasteiger partial charge in [0, 0.05) is 5.69 Å². The van der Waals surface area contributed by atoms with Crippen molar-refractivity contribution in [1.82, 2.24) is 4.98 Å². The molecule has 8 nitrogen and oxygen atoms in total. The molecule has 0 amide bonds. The molecule has 208 valence electrons. The van der Waals surface area contributed by atoms with Gasteiger partial charge in [-0.3, -0.25) is 0 Å². The SMILES string of the molecule is CCOC(=O)C1=C(CSc2nc(CC)c(C)cc2C#N)OC(N)=C(C#N)[C@@H]1c1ccc(OCc2ccccc2)cc1. The molecule has 4 rings (SSSR count). The quantitative estimate of drug-likeness (QED) is 0.238. The largest absolute Gasteiger partial charge is 0.489 e. The molecule has 0 bridgehead atoms. The van der Waals surface area contributed by atoms with Gasteiger partial charge in [0.15, 0.2) is 0 Å². The van der Waals surface area contributed by atoms with E-state index in [0.29, 0.717) is 34.9 Å². The highest BCUT2D eigenvalue weighted by Crippen LogP contribution is 2.41. The first-order chi connectivity index (χ1) is 19.9. The first kappa shape index (κ1) is 29.3. The summed E-state index contributed by atoms with van der Waals surface area (Å²) in [6.07, 6.45) is 0.715. The number of aromatic nitrogens is 1. The summed E-state index contributed by atoms with van der Waals surface area (Å²) in [7, 11) is 0. The molecule has 0 saturated heterocycles. The molecule has 1 aliphatic heterocycles. The predicted molar refractivity (Wildman–Crippen MR) is 155 cm³/mol. The number of benzene rings is 2. The number of ether oxygens (including phenoxy) is 3. The number of nitrogens with zero attached hydrogens (tertiary/aromatic N) is 3. The van der Waals surface area contributed by atoms with E-state index in [4.69, 9.17) is 19.9 Å². The molecule has 1 atom stereocenters. The third kappa shape index (κ3) is 6.71. The van der Waals surface area contributed by atoms with Gasteiger partial charge in [0.1, 0.15) is 40.9 Å². The van der Waals surface area contributed by atoms with Crippen LogP contribution in [0.15, 0.2) is 88.5 Å². The lowest BCUT2D eigenvalue weighted by molar-refractivity contribution is -0.139. The van der Waals surface area contributed by atoms with Crippen molar-refractivity contribution in [3.8, 4) is 17.9 Å². The van der Waals surface area contributed by atoms with Gasteiger partial charge in [0.25, 0.3) is 0 Å². The van der Waals surface area contributed by atoms with Crippen molar-refractivity contribution in [2.24, 2.45) is 5.73 Å². The predicted octanol–water partition coefficient (Wildman–Crippen LogP) is 5.82. The normalized spacial score (nSPS) is 14.6. The number of hydrogen-bond acceptors (Lipinski definition) is 9. The summed E-state index contributed by atoms with van der Waals surface area (Å²) in [5.74, 6) is -0.459. The molecule has 1 aromatic heterocycles. The average Bonchev–Trinajstić information content (AvgIpc) is 2.99. The van der Waals surface area contributed by atoms with Crippen LogP contribution >= 0.6 is 11.8 Å². The van der Waals surface area contributed by atoms with E-state index in [9.17, 15) is 15.3 Å². The molecule has 0 fully saturated rings. The third-order valence-corrected chi connectivity index (χ3v) is 7.52. The Bertz CT molecular complexity index is 1570. The summed E-state index contributed by atoms with van der Waals surface area (Å²) >= 11 is 1.27. The summed E-state index contributed by atoms with van der Waals surface area (Å²) in [6.45, 7) is 6.17. The molecule has 1 aliphatic rings. The van der Waals surface area contributed by atoms with Crippen LogP contribution in [0.2, 0.25) is 0 Å². The first-order valence-electron chi connectivity index (χ1n) is 13.2. The van der Waals surface area contributed by atoms with Gasteiger partial charge in [-0.2, -0.15) is 10.5 Å². The average molecular weight is 567 g/mol. The molecule has 2 heterocycles.